The topological polar surface area (TPSA) is 44.0 Å². The molecule has 0 aliphatic carbocycles. The maximum Gasteiger partial charge on any atom is 0.421 e. The summed E-state index contributed by atoms with van der Waals surface area (Å²) in [6.45, 7) is 0. The minimum atomic E-state index is -4.64. The number of benzene rings is 1. The van der Waals surface area contributed by atoms with Gasteiger partial charge in [-0.15, -0.1) is 0 Å². The Bertz CT molecular complexity index is 423. The standard InChI is InChI=1S/C9H5BrF3NO/c10-6-2-1-5(3-4-14)8(15)7(6)9(11,12)13/h1-2,15H,3H2. The summed E-state index contributed by atoms with van der Waals surface area (Å²) in [5.74, 6) is -0.890. The lowest BCUT2D eigenvalue weighted by molar-refractivity contribution is -0.139. The van der Waals surface area contributed by atoms with Crippen LogP contribution < -0.4 is 0 Å². The van der Waals surface area contributed by atoms with Gasteiger partial charge in [0.15, 0.2) is 0 Å². The number of alkyl halides is 3. The summed E-state index contributed by atoms with van der Waals surface area (Å²) in [7, 11) is 0. The van der Waals surface area contributed by atoms with Crippen molar-refractivity contribution in [3.8, 4) is 11.8 Å². The van der Waals surface area contributed by atoms with Gasteiger partial charge >= 0.3 is 6.18 Å². The van der Waals surface area contributed by atoms with Crippen molar-refractivity contribution in [2.75, 3.05) is 0 Å². The number of halogens is 4. The minimum Gasteiger partial charge on any atom is -0.507 e. The van der Waals surface area contributed by atoms with Crippen molar-refractivity contribution in [1.82, 2.24) is 0 Å². The van der Waals surface area contributed by atoms with Crippen LogP contribution in [0.4, 0.5) is 13.2 Å². The second kappa shape index (κ2) is 4.11. The fraction of sp³-hybridized carbons (Fsp3) is 0.222. The van der Waals surface area contributed by atoms with Crippen molar-refractivity contribution in [3.63, 3.8) is 0 Å². The third-order valence-electron chi connectivity index (χ3n) is 1.76. The Kier molecular flexibility index (Phi) is 3.25. The molecule has 0 atom stereocenters. The van der Waals surface area contributed by atoms with E-state index in [0.29, 0.717) is 0 Å². The van der Waals surface area contributed by atoms with Gasteiger partial charge in [0.2, 0.25) is 0 Å². The normalized spacial score (nSPS) is 11.1. The van der Waals surface area contributed by atoms with Crippen LogP contribution in [0, 0.1) is 11.3 Å². The molecule has 0 bridgehead atoms. The molecule has 15 heavy (non-hydrogen) atoms. The zero-order valence-corrected chi connectivity index (χ0v) is 8.85. The lowest BCUT2D eigenvalue weighted by Gasteiger charge is -2.13. The van der Waals surface area contributed by atoms with Gasteiger partial charge in [-0.1, -0.05) is 22.0 Å². The van der Waals surface area contributed by atoms with Crippen LogP contribution in [0.2, 0.25) is 0 Å². The average Bonchev–Trinajstić information content (AvgIpc) is 2.08. The van der Waals surface area contributed by atoms with Crippen LogP contribution in [0.5, 0.6) is 5.75 Å². The zero-order chi connectivity index (χ0) is 11.6. The smallest absolute Gasteiger partial charge is 0.421 e. The van der Waals surface area contributed by atoms with E-state index in [1.807, 2.05) is 0 Å². The predicted molar refractivity (Wildman–Crippen MR) is 50.1 cm³/mol. The summed E-state index contributed by atoms with van der Waals surface area (Å²) >= 11 is 2.71. The van der Waals surface area contributed by atoms with Crippen molar-refractivity contribution in [1.29, 1.82) is 5.26 Å². The fourth-order valence-electron chi connectivity index (χ4n) is 1.11. The number of phenolic OH excluding ortho intramolecular Hbond substituents is 1. The third-order valence-corrected chi connectivity index (χ3v) is 2.42. The van der Waals surface area contributed by atoms with Crippen molar-refractivity contribution >= 4 is 15.9 Å². The Labute approximate surface area is 92.1 Å². The summed E-state index contributed by atoms with van der Waals surface area (Å²) < 4.78 is 37.1. The van der Waals surface area contributed by atoms with Crippen LogP contribution >= 0.6 is 15.9 Å². The van der Waals surface area contributed by atoms with Crippen molar-refractivity contribution < 1.29 is 18.3 Å². The number of aromatic hydroxyl groups is 1. The summed E-state index contributed by atoms with van der Waals surface area (Å²) in [5.41, 5.74) is -1.18. The van der Waals surface area contributed by atoms with E-state index in [0.717, 1.165) is 6.07 Å². The Morgan fingerprint density at radius 1 is 1.40 bits per heavy atom. The monoisotopic (exact) mass is 279 g/mol. The molecule has 1 rings (SSSR count). The number of phenols is 1. The van der Waals surface area contributed by atoms with E-state index < -0.39 is 17.5 Å². The molecule has 2 nitrogen and oxygen atoms in total. The molecule has 6 heteroatoms. The van der Waals surface area contributed by atoms with Crippen LogP contribution in [0.1, 0.15) is 11.1 Å². The lowest BCUT2D eigenvalue weighted by atomic mass is 10.1. The second-order valence-corrected chi connectivity index (χ2v) is 3.62. The second-order valence-electron chi connectivity index (χ2n) is 2.76. The Morgan fingerprint density at radius 2 is 2.00 bits per heavy atom. The summed E-state index contributed by atoms with van der Waals surface area (Å²) in [4.78, 5) is 0. The summed E-state index contributed by atoms with van der Waals surface area (Å²) in [5, 5.41) is 17.7. The van der Waals surface area contributed by atoms with Crippen LogP contribution in [0.3, 0.4) is 0 Å². The number of hydrogen-bond acceptors (Lipinski definition) is 2. The summed E-state index contributed by atoms with van der Waals surface area (Å²) in [6.07, 6.45) is -4.91. The Balaban J connectivity index is 3.38. The molecular formula is C9H5BrF3NO. The van der Waals surface area contributed by atoms with Crippen LogP contribution in [-0.2, 0) is 12.6 Å². The van der Waals surface area contributed by atoms with E-state index >= 15 is 0 Å². The van der Waals surface area contributed by atoms with E-state index in [9.17, 15) is 18.3 Å². The van der Waals surface area contributed by atoms with E-state index in [-0.39, 0.29) is 16.5 Å². The van der Waals surface area contributed by atoms with Gasteiger partial charge in [0.05, 0.1) is 12.5 Å². The van der Waals surface area contributed by atoms with E-state index in [2.05, 4.69) is 15.9 Å². The highest BCUT2D eigenvalue weighted by Crippen LogP contribution is 2.42. The highest BCUT2D eigenvalue weighted by molar-refractivity contribution is 9.10. The SMILES string of the molecule is N#CCc1ccc(Br)c(C(F)(F)F)c1O. The molecule has 0 aliphatic rings. The molecule has 0 unspecified atom stereocenters. The van der Waals surface area contributed by atoms with E-state index in [1.165, 1.54) is 6.07 Å². The Morgan fingerprint density at radius 3 is 2.47 bits per heavy atom. The molecule has 1 aromatic carbocycles. The van der Waals surface area contributed by atoms with Crippen LogP contribution in [0.15, 0.2) is 16.6 Å². The van der Waals surface area contributed by atoms with Gasteiger partial charge in [-0.05, 0) is 6.07 Å². The molecule has 0 spiro atoms. The first-order chi connectivity index (χ1) is 6.88. The van der Waals surface area contributed by atoms with Gasteiger partial charge in [0.1, 0.15) is 11.3 Å². The zero-order valence-electron chi connectivity index (χ0n) is 7.27. The molecule has 0 saturated heterocycles. The van der Waals surface area contributed by atoms with Crippen molar-refractivity contribution in [2.45, 2.75) is 12.6 Å². The molecule has 80 valence electrons. The number of rotatable bonds is 1. The van der Waals surface area contributed by atoms with E-state index in [1.54, 1.807) is 6.07 Å². The first-order valence-electron chi connectivity index (χ1n) is 3.82. The largest absolute Gasteiger partial charge is 0.507 e. The number of hydrogen-bond donors (Lipinski definition) is 1. The molecule has 0 radical (unpaired) electrons. The third kappa shape index (κ3) is 2.42. The predicted octanol–water partition coefficient (Wildman–Crippen LogP) is 3.24. The fourth-order valence-corrected chi connectivity index (χ4v) is 1.65. The highest BCUT2D eigenvalue weighted by atomic mass is 79.9. The maximum absolute atomic E-state index is 12.5. The number of nitriles is 1. The quantitative estimate of drug-likeness (QED) is 0.858. The van der Waals surface area contributed by atoms with Crippen LogP contribution in [0.25, 0.3) is 0 Å². The maximum atomic E-state index is 12.5. The van der Waals surface area contributed by atoms with Crippen molar-refractivity contribution in [2.24, 2.45) is 0 Å². The Hall–Kier alpha value is -1.22. The number of nitrogens with zero attached hydrogens (tertiary/aromatic N) is 1. The van der Waals surface area contributed by atoms with Gasteiger partial charge in [-0.2, -0.15) is 18.4 Å². The van der Waals surface area contributed by atoms with Crippen LogP contribution in [-0.4, -0.2) is 5.11 Å². The molecule has 1 N–H and O–H groups in total. The first-order valence-corrected chi connectivity index (χ1v) is 4.61. The minimum absolute atomic E-state index is 0.0342. The van der Waals surface area contributed by atoms with Gasteiger partial charge in [-0.3, -0.25) is 0 Å². The van der Waals surface area contributed by atoms with Gasteiger partial charge in [0, 0.05) is 10.0 Å². The molecule has 0 aliphatic heterocycles. The van der Waals surface area contributed by atoms with Crippen molar-refractivity contribution in [3.05, 3.63) is 27.7 Å². The molecule has 0 aromatic heterocycles. The molecule has 0 amide bonds. The van der Waals surface area contributed by atoms with E-state index in [4.69, 9.17) is 5.26 Å². The molecular weight excluding hydrogens is 275 g/mol. The van der Waals surface area contributed by atoms with Gasteiger partial charge < -0.3 is 5.11 Å². The summed E-state index contributed by atoms with van der Waals surface area (Å²) in [6, 6.07) is 4.12. The molecule has 0 fully saturated rings. The average molecular weight is 280 g/mol. The molecule has 0 saturated carbocycles. The van der Waals surface area contributed by atoms with Gasteiger partial charge in [-0.25, -0.2) is 0 Å². The molecule has 1 aromatic rings. The highest BCUT2D eigenvalue weighted by Gasteiger charge is 2.37. The molecule has 0 heterocycles. The lowest BCUT2D eigenvalue weighted by Crippen LogP contribution is -2.07. The van der Waals surface area contributed by atoms with Gasteiger partial charge in [0.25, 0.3) is 0 Å². The first kappa shape index (κ1) is 11.9.